The lowest BCUT2D eigenvalue weighted by Gasteiger charge is -2.09. The second-order valence-corrected chi connectivity index (χ2v) is 5.11. The monoisotopic (exact) mass is 279 g/mol. The van der Waals surface area contributed by atoms with E-state index in [1.54, 1.807) is 30.6 Å². The van der Waals surface area contributed by atoms with Gasteiger partial charge in [0.25, 0.3) is 5.91 Å². The maximum Gasteiger partial charge on any atom is 0.269 e. The Morgan fingerprint density at radius 2 is 1.94 bits per heavy atom. The van der Waals surface area contributed by atoms with Gasteiger partial charge in [-0.1, -0.05) is 18.2 Å². The van der Waals surface area contributed by atoms with Gasteiger partial charge in [0, 0.05) is 18.0 Å². The van der Waals surface area contributed by atoms with Crippen LogP contribution in [-0.4, -0.2) is 10.9 Å². The van der Waals surface area contributed by atoms with Gasteiger partial charge in [0.2, 0.25) is 0 Å². The van der Waals surface area contributed by atoms with Crippen LogP contribution in [0.1, 0.15) is 15.2 Å². The summed E-state index contributed by atoms with van der Waals surface area (Å²) in [4.78, 5) is 16.4. The molecular formula is C12H10ClN3OS. The Labute approximate surface area is 113 Å². The lowest BCUT2D eigenvalue weighted by molar-refractivity contribution is 0.0942. The van der Waals surface area contributed by atoms with Crippen molar-refractivity contribution in [3.63, 3.8) is 0 Å². The topological polar surface area (TPSA) is 54.0 Å². The second-order valence-electron chi connectivity index (χ2n) is 3.40. The van der Waals surface area contributed by atoms with Gasteiger partial charge in [0.15, 0.2) is 0 Å². The number of amides is 1. The molecule has 0 bridgehead atoms. The van der Waals surface area contributed by atoms with Gasteiger partial charge in [-0.05, 0) is 24.3 Å². The van der Waals surface area contributed by atoms with Gasteiger partial charge in [0.1, 0.15) is 0 Å². The summed E-state index contributed by atoms with van der Waals surface area (Å²) >= 11 is 7.20. The third kappa shape index (κ3) is 3.09. The number of aromatic nitrogens is 1. The fraction of sp³-hybridized carbons (Fsp3) is 0. The molecule has 2 rings (SSSR count). The largest absolute Gasteiger partial charge is 0.298 e. The minimum Gasteiger partial charge on any atom is -0.298 e. The minimum absolute atomic E-state index is 0.249. The molecule has 2 N–H and O–H groups in total. The molecule has 0 aliphatic rings. The van der Waals surface area contributed by atoms with Crippen LogP contribution >= 0.6 is 22.9 Å². The molecule has 92 valence electrons. The summed E-state index contributed by atoms with van der Waals surface area (Å²) in [6.45, 7) is 3.82. The minimum atomic E-state index is -0.249. The molecule has 0 aromatic carbocycles. The van der Waals surface area contributed by atoms with Gasteiger partial charge < -0.3 is 0 Å². The van der Waals surface area contributed by atoms with Gasteiger partial charge in [-0.3, -0.25) is 20.6 Å². The molecule has 1 amide bonds. The van der Waals surface area contributed by atoms with Crippen LogP contribution in [-0.2, 0) is 0 Å². The highest BCUT2D eigenvalue weighted by molar-refractivity contribution is 7.17. The summed E-state index contributed by atoms with van der Waals surface area (Å²) in [5.74, 6) is -0.249. The van der Waals surface area contributed by atoms with E-state index in [1.165, 1.54) is 11.3 Å². The number of hydrogen-bond donors (Lipinski definition) is 2. The molecule has 2 heterocycles. The number of hydrazine groups is 1. The van der Waals surface area contributed by atoms with Gasteiger partial charge in [0.05, 0.1) is 14.9 Å². The van der Waals surface area contributed by atoms with Crippen molar-refractivity contribution in [1.29, 1.82) is 0 Å². The van der Waals surface area contributed by atoms with E-state index in [9.17, 15) is 4.79 Å². The van der Waals surface area contributed by atoms with Crippen molar-refractivity contribution >= 4 is 34.5 Å². The number of carbonyl (C=O) groups excluding carboxylic acids is 1. The summed E-state index contributed by atoms with van der Waals surface area (Å²) < 4.78 is 0.674. The lowest BCUT2D eigenvalue weighted by Crippen LogP contribution is -2.35. The standard InChI is InChI=1S/C12H10ClN3OS/c1-8(10-2-3-11(13)18-10)15-16-12(17)9-4-6-14-7-5-9/h2-7,15H,1H2,(H,16,17). The van der Waals surface area contributed by atoms with Crippen molar-refractivity contribution in [1.82, 2.24) is 15.8 Å². The smallest absolute Gasteiger partial charge is 0.269 e. The van der Waals surface area contributed by atoms with E-state index in [0.29, 0.717) is 15.6 Å². The van der Waals surface area contributed by atoms with Crippen molar-refractivity contribution in [3.05, 3.63) is 58.0 Å². The van der Waals surface area contributed by atoms with Crippen molar-refractivity contribution in [2.24, 2.45) is 0 Å². The molecule has 0 aliphatic carbocycles. The zero-order chi connectivity index (χ0) is 13.0. The number of nitrogens with one attached hydrogen (secondary N) is 2. The number of halogens is 1. The molecule has 18 heavy (non-hydrogen) atoms. The number of rotatable bonds is 4. The summed E-state index contributed by atoms with van der Waals surface area (Å²) in [6, 6.07) is 6.86. The van der Waals surface area contributed by atoms with E-state index < -0.39 is 0 Å². The third-order valence-electron chi connectivity index (χ3n) is 2.14. The van der Waals surface area contributed by atoms with Crippen LogP contribution in [0.2, 0.25) is 4.34 Å². The van der Waals surface area contributed by atoms with E-state index in [2.05, 4.69) is 22.4 Å². The van der Waals surface area contributed by atoms with Crippen LogP contribution in [0, 0.1) is 0 Å². The van der Waals surface area contributed by atoms with E-state index in [-0.39, 0.29) is 5.91 Å². The molecule has 0 radical (unpaired) electrons. The van der Waals surface area contributed by atoms with Crippen LogP contribution in [0.5, 0.6) is 0 Å². The fourth-order valence-corrected chi connectivity index (χ4v) is 2.21. The molecule has 2 aromatic rings. The molecule has 2 aromatic heterocycles. The number of nitrogens with zero attached hydrogens (tertiary/aromatic N) is 1. The molecule has 0 unspecified atom stereocenters. The molecule has 0 atom stereocenters. The highest BCUT2D eigenvalue weighted by atomic mass is 35.5. The first-order chi connectivity index (χ1) is 8.66. The zero-order valence-corrected chi connectivity index (χ0v) is 10.9. The molecule has 0 fully saturated rings. The molecular weight excluding hydrogens is 270 g/mol. The van der Waals surface area contributed by atoms with Crippen LogP contribution in [0.4, 0.5) is 0 Å². The van der Waals surface area contributed by atoms with Crippen LogP contribution in [0.15, 0.2) is 43.2 Å². The Balaban J connectivity index is 1.92. The molecule has 0 saturated heterocycles. The summed E-state index contributed by atoms with van der Waals surface area (Å²) in [5.41, 5.74) is 6.42. The highest BCUT2D eigenvalue weighted by Gasteiger charge is 2.06. The Morgan fingerprint density at radius 1 is 1.22 bits per heavy atom. The number of thiophene rings is 1. The Morgan fingerprint density at radius 3 is 2.56 bits per heavy atom. The molecule has 0 saturated carbocycles. The Kier molecular flexibility index (Phi) is 3.96. The average molecular weight is 280 g/mol. The maximum atomic E-state index is 11.7. The van der Waals surface area contributed by atoms with E-state index in [4.69, 9.17) is 11.6 Å². The summed E-state index contributed by atoms with van der Waals surface area (Å²) in [6.07, 6.45) is 3.12. The fourth-order valence-electron chi connectivity index (χ4n) is 1.25. The first-order valence-electron chi connectivity index (χ1n) is 5.08. The van der Waals surface area contributed by atoms with Crippen molar-refractivity contribution in [2.75, 3.05) is 0 Å². The first-order valence-corrected chi connectivity index (χ1v) is 6.27. The van der Waals surface area contributed by atoms with Gasteiger partial charge >= 0.3 is 0 Å². The Bertz CT molecular complexity index is 568. The first kappa shape index (κ1) is 12.6. The van der Waals surface area contributed by atoms with Crippen LogP contribution < -0.4 is 10.9 Å². The van der Waals surface area contributed by atoms with Crippen molar-refractivity contribution in [2.45, 2.75) is 0 Å². The summed E-state index contributed by atoms with van der Waals surface area (Å²) in [7, 11) is 0. The average Bonchev–Trinajstić information content (AvgIpc) is 2.83. The number of pyridine rings is 1. The zero-order valence-electron chi connectivity index (χ0n) is 9.31. The van der Waals surface area contributed by atoms with Crippen LogP contribution in [0.25, 0.3) is 5.70 Å². The predicted octanol–water partition coefficient (Wildman–Crippen LogP) is 2.70. The third-order valence-corrected chi connectivity index (χ3v) is 3.43. The van der Waals surface area contributed by atoms with Crippen molar-refractivity contribution in [3.8, 4) is 0 Å². The Hall–Kier alpha value is -1.85. The lowest BCUT2D eigenvalue weighted by atomic mass is 10.2. The highest BCUT2D eigenvalue weighted by Crippen LogP contribution is 2.25. The molecule has 4 nitrogen and oxygen atoms in total. The second kappa shape index (κ2) is 5.66. The van der Waals surface area contributed by atoms with E-state index in [1.807, 2.05) is 6.07 Å². The summed E-state index contributed by atoms with van der Waals surface area (Å²) in [5, 5.41) is 0. The number of carbonyl (C=O) groups is 1. The van der Waals surface area contributed by atoms with Gasteiger partial charge in [-0.2, -0.15) is 0 Å². The molecule has 6 heteroatoms. The molecule has 0 spiro atoms. The van der Waals surface area contributed by atoms with E-state index >= 15 is 0 Å². The molecule has 0 aliphatic heterocycles. The predicted molar refractivity (Wildman–Crippen MR) is 73.2 cm³/mol. The van der Waals surface area contributed by atoms with Crippen LogP contribution in [0.3, 0.4) is 0 Å². The van der Waals surface area contributed by atoms with E-state index in [0.717, 1.165) is 4.88 Å². The quantitative estimate of drug-likeness (QED) is 0.846. The SMILES string of the molecule is C=C(NNC(=O)c1ccncc1)c1ccc(Cl)s1. The normalized spacial score (nSPS) is 9.83. The maximum absolute atomic E-state index is 11.7. The number of hydrogen-bond acceptors (Lipinski definition) is 4. The van der Waals surface area contributed by atoms with Gasteiger partial charge in [-0.25, -0.2) is 0 Å². The van der Waals surface area contributed by atoms with Gasteiger partial charge in [-0.15, -0.1) is 11.3 Å². The van der Waals surface area contributed by atoms with Crippen molar-refractivity contribution < 1.29 is 4.79 Å².